The highest BCUT2D eigenvalue weighted by atomic mass is 15.0. The van der Waals surface area contributed by atoms with Gasteiger partial charge in [0.1, 0.15) is 0 Å². The van der Waals surface area contributed by atoms with Gasteiger partial charge in [-0.1, -0.05) is 6.08 Å². The Morgan fingerprint density at radius 3 is 1.38 bits per heavy atom. The highest BCUT2D eigenvalue weighted by molar-refractivity contribution is 4.66. The van der Waals surface area contributed by atoms with Crippen LogP contribution in [-0.4, -0.2) is 26.0 Å². The lowest BCUT2D eigenvalue weighted by Crippen LogP contribution is -1.99. The zero-order chi connectivity index (χ0) is 6.99. The lowest BCUT2D eigenvalue weighted by Gasteiger charge is -1.90. The fraction of sp³-hybridized carbons (Fsp3) is 0.667. The van der Waals surface area contributed by atoms with Crippen molar-refractivity contribution in [1.82, 2.24) is 4.90 Å². The fourth-order valence-electron chi connectivity index (χ4n) is 0. The topological polar surface area (TPSA) is 29.3 Å². The molecule has 0 aliphatic heterocycles. The van der Waals surface area contributed by atoms with Crippen molar-refractivity contribution >= 4 is 0 Å². The fourth-order valence-corrected chi connectivity index (χ4v) is 0. The van der Waals surface area contributed by atoms with Crippen LogP contribution in [0.1, 0.15) is 6.92 Å². The maximum Gasteiger partial charge on any atom is -0.0106 e. The molecule has 0 aromatic rings. The molecule has 0 saturated carbocycles. The Hall–Kier alpha value is -0.500. The van der Waals surface area contributed by atoms with Crippen molar-refractivity contribution in [2.45, 2.75) is 6.92 Å². The second-order valence-electron chi connectivity index (χ2n) is 1.87. The van der Waals surface area contributed by atoms with E-state index in [2.05, 4.69) is 0 Å². The molecule has 2 N–H and O–H groups in total. The van der Waals surface area contributed by atoms with E-state index >= 15 is 0 Å². The molecule has 0 radical (unpaired) electrons. The molecule has 2 heteroatoms. The van der Waals surface area contributed by atoms with Gasteiger partial charge in [0.05, 0.1) is 0 Å². The van der Waals surface area contributed by atoms with Crippen LogP contribution in [0.5, 0.6) is 0 Å². The molecule has 0 atom stereocenters. The van der Waals surface area contributed by atoms with Crippen LogP contribution in [0, 0.1) is 0 Å². The van der Waals surface area contributed by atoms with E-state index in [0.717, 1.165) is 0 Å². The molecule has 50 valence electrons. The van der Waals surface area contributed by atoms with Crippen molar-refractivity contribution in [3.05, 3.63) is 12.3 Å². The zero-order valence-electron chi connectivity index (χ0n) is 6.18. The molecular formula is C6H16N2. The lowest BCUT2D eigenvalue weighted by atomic mass is 10.7. The van der Waals surface area contributed by atoms with E-state index in [9.17, 15) is 0 Å². The van der Waals surface area contributed by atoms with Crippen LogP contribution in [0.25, 0.3) is 0 Å². The first-order valence-corrected chi connectivity index (χ1v) is 2.59. The smallest absolute Gasteiger partial charge is 0.0106 e. The molecule has 8 heavy (non-hydrogen) atoms. The summed E-state index contributed by atoms with van der Waals surface area (Å²) in [5.74, 6) is 0. The molecule has 0 amide bonds. The van der Waals surface area contributed by atoms with Gasteiger partial charge in [-0.2, -0.15) is 0 Å². The number of allylic oxidation sites excluding steroid dienone is 1. The van der Waals surface area contributed by atoms with Crippen LogP contribution in [0.4, 0.5) is 0 Å². The first-order chi connectivity index (χ1) is 3.65. The van der Waals surface area contributed by atoms with E-state index in [0.29, 0.717) is 0 Å². The second kappa shape index (κ2) is 9.71. The minimum atomic E-state index is 1.50. The quantitative estimate of drug-likeness (QED) is 0.503. The number of nitrogens with two attached hydrogens (primary N) is 1. The lowest BCUT2D eigenvalue weighted by molar-refractivity contribution is 0.505. The molecule has 0 aromatic carbocycles. The van der Waals surface area contributed by atoms with Gasteiger partial charge in [0.25, 0.3) is 0 Å². The average molecular weight is 116 g/mol. The van der Waals surface area contributed by atoms with Crippen molar-refractivity contribution in [1.29, 1.82) is 0 Å². The van der Waals surface area contributed by atoms with E-state index in [-0.39, 0.29) is 0 Å². The van der Waals surface area contributed by atoms with Crippen LogP contribution in [-0.2, 0) is 0 Å². The molecule has 0 fully saturated rings. The molecule has 0 aliphatic carbocycles. The van der Waals surface area contributed by atoms with Gasteiger partial charge in [0.15, 0.2) is 0 Å². The van der Waals surface area contributed by atoms with E-state index < -0.39 is 0 Å². The Bertz CT molecular complexity index is 41.7. The van der Waals surface area contributed by atoms with Gasteiger partial charge in [-0.15, -0.1) is 0 Å². The van der Waals surface area contributed by atoms with Crippen LogP contribution in [0.2, 0.25) is 0 Å². The first-order valence-electron chi connectivity index (χ1n) is 2.59. The van der Waals surface area contributed by atoms with E-state index in [1.165, 1.54) is 6.20 Å². The summed E-state index contributed by atoms with van der Waals surface area (Å²) in [5, 5.41) is 0. The third-order valence-corrected chi connectivity index (χ3v) is 0.192. The molecule has 0 spiro atoms. The zero-order valence-corrected chi connectivity index (χ0v) is 6.18. The summed E-state index contributed by atoms with van der Waals surface area (Å²) in [7, 11) is 6.00. The molecule has 2 nitrogen and oxygen atoms in total. The van der Waals surface area contributed by atoms with E-state index in [4.69, 9.17) is 5.73 Å². The standard InChI is InChI=1S/C3H9N.C3H7N/c1-4(2)3;1-2-3-4/h1-3H3;2-3H,4H2,1H3. The molecule has 0 heterocycles. The summed E-state index contributed by atoms with van der Waals surface area (Å²) >= 11 is 0. The summed E-state index contributed by atoms with van der Waals surface area (Å²) < 4.78 is 0. The maximum atomic E-state index is 4.85. The normalized spacial score (nSPS) is 9.12. The predicted octanol–water partition coefficient (Wildman–Crippen LogP) is 0.656. The third-order valence-electron chi connectivity index (χ3n) is 0.192. The van der Waals surface area contributed by atoms with Gasteiger partial charge in [-0.05, 0) is 34.3 Å². The van der Waals surface area contributed by atoms with Crippen LogP contribution in [0.15, 0.2) is 12.3 Å². The Morgan fingerprint density at radius 1 is 1.25 bits per heavy atom. The number of hydrogen-bond acceptors (Lipinski definition) is 2. The van der Waals surface area contributed by atoms with E-state index in [1.807, 2.05) is 33.0 Å². The number of rotatable bonds is 0. The number of hydrogen-bond donors (Lipinski definition) is 1. The summed E-state index contributed by atoms with van der Waals surface area (Å²) in [6.45, 7) is 1.88. The van der Waals surface area contributed by atoms with Gasteiger partial charge in [0, 0.05) is 0 Å². The van der Waals surface area contributed by atoms with Gasteiger partial charge >= 0.3 is 0 Å². The molecule has 0 rings (SSSR count). The van der Waals surface area contributed by atoms with Crippen molar-refractivity contribution in [2.24, 2.45) is 5.73 Å². The average Bonchev–Trinajstić information content (AvgIpc) is 1.65. The minimum absolute atomic E-state index is 1.50. The summed E-state index contributed by atoms with van der Waals surface area (Å²) in [6, 6.07) is 0. The largest absolute Gasteiger partial charge is 0.405 e. The Labute approximate surface area is 52.0 Å². The minimum Gasteiger partial charge on any atom is -0.405 e. The van der Waals surface area contributed by atoms with Crippen molar-refractivity contribution in [2.75, 3.05) is 21.1 Å². The molecule has 0 aliphatic rings. The van der Waals surface area contributed by atoms with Gasteiger partial charge in [0.2, 0.25) is 0 Å². The second-order valence-corrected chi connectivity index (χ2v) is 1.87. The summed E-state index contributed by atoms with van der Waals surface area (Å²) in [6.07, 6.45) is 3.28. The highest BCUT2D eigenvalue weighted by Crippen LogP contribution is 1.47. The summed E-state index contributed by atoms with van der Waals surface area (Å²) in [4.78, 5) is 2.00. The Morgan fingerprint density at radius 2 is 1.38 bits per heavy atom. The van der Waals surface area contributed by atoms with Crippen molar-refractivity contribution in [3.63, 3.8) is 0 Å². The molecule has 0 saturated heterocycles. The van der Waals surface area contributed by atoms with Crippen LogP contribution < -0.4 is 5.73 Å². The Kier molecular flexibility index (Phi) is 12.7. The van der Waals surface area contributed by atoms with Crippen LogP contribution in [0.3, 0.4) is 0 Å². The number of nitrogens with zero attached hydrogens (tertiary/aromatic N) is 1. The van der Waals surface area contributed by atoms with Crippen molar-refractivity contribution < 1.29 is 0 Å². The first kappa shape index (κ1) is 10.5. The van der Waals surface area contributed by atoms with Gasteiger partial charge in [-0.25, -0.2) is 0 Å². The highest BCUT2D eigenvalue weighted by Gasteiger charge is 1.58. The van der Waals surface area contributed by atoms with Gasteiger partial charge < -0.3 is 10.6 Å². The predicted molar refractivity (Wildman–Crippen MR) is 38.6 cm³/mol. The third kappa shape index (κ3) is 446. The van der Waals surface area contributed by atoms with Crippen LogP contribution >= 0.6 is 0 Å². The molecule has 0 unspecified atom stereocenters. The summed E-state index contributed by atoms with van der Waals surface area (Å²) in [5.41, 5.74) is 4.85. The molecule has 0 aromatic heterocycles. The Balaban J connectivity index is 0. The van der Waals surface area contributed by atoms with Gasteiger partial charge in [-0.3, -0.25) is 0 Å². The SMILES string of the molecule is CC=CN.CN(C)C. The molecular weight excluding hydrogens is 100 g/mol. The monoisotopic (exact) mass is 116 g/mol. The van der Waals surface area contributed by atoms with Crippen molar-refractivity contribution in [3.8, 4) is 0 Å². The van der Waals surface area contributed by atoms with E-state index in [1.54, 1.807) is 6.08 Å². The maximum absolute atomic E-state index is 4.85. The molecule has 0 bridgehead atoms.